The maximum Gasteiger partial charge on any atom is 0.416 e. The van der Waals surface area contributed by atoms with Crippen molar-refractivity contribution in [1.82, 2.24) is 0 Å². The predicted octanol–water partition coefficient (Wildman–Crippen LogP) is 6.29. The average molecular weight is 348 g/mol. The van der Waals surface area contributed by atoms with Crippen molar-refractivity contribution in [2.75, 3.05) is 13.7 Å². The van der Waals surface area contributed by atoms with Crippen molar-refractivity contribution in [1.29, 1.82) is 0 Å². The fraction of sp³-hybridized carbons (Fsp3) is 0.429. The molecule has 134 valence electrons. The molecule has 0 bridgehead atoms. The molecule has 1 fully saturated rings. The molecule has 0 amide bonds. The summed E-state index contributed by atoms with van der Waals surface area (Å²) in [4.78, 5) is 0. The number of alkyl halides is 3. The third-order valence-electron chi connectivity index (χ3n) is 5.18. The third kappa shape index (κ3) is 4.43. The molecule has 1 nitrogen and oxygen atoms in total. The van der Waals surface area contributed by atoms with Crippen LogP contribution in [0.3, 0.4) is 0 Å². The van der Waals surface area contributed by atoms with E-state index in [-0.39, 0.29) is 0 Å². The molecule has 25 heavy (non-hydrogen) atoms. The summed E-state index contributed by atoms with van der Waals surface area (Å²) in [6.07, 6.45) is 0.448. The van der Waals surface area contributed by atoms with Crippen LogP contribution in [0, 0.1) is 5.92 Å². The van der Waals surface area contributed by atoms with Crippen LogP contribution in [0.1, 0.15) is 42.7 Å². The summed E-state index contributed by atoms with van der Waals surface area (Å²) in [6.45, 7) is 0.847. The highest BCUT2D eigenvalue weighted by molar-refractivity contribution is 5.64. The van der Waals surface area contributed by atoms with Crippen molar-refractivity contribution in [2.24, 2.45) is 5.92 Å². The Balaban J connectivity index is 1.66. The minimum Gasteiger partial charge on any atom is -0.384 e. The molecule has 0 aliphatic heterocycles. The molecule has 1 saturated carbocycles. The highest BCUT2D eigenvalue weighted by atomic mass is 19.4. The van der Waals surface area contributed by atoms with Crippen LogP contribution in [0.2, 0.25) is 0 Å². The van der Waals surface area contributed by atoms with Gasteiger partial charge in [0.05, 0.1) is 5.56 Å². The summed E-state index contributed by atoms with van der Waals surface area (Å²) in [5.41, 5.74) is 2.47. The number of ether oxygens (including phenoxy) is 1. The van der Waals surface area contributed by atoms with Gasteiger partial charge in [-0.1, -0.05) is 36.4 Å². The average Bonchev–Trinajstić information content (AvgIpc) is 2.62. The van der Waals surface area contributed by atoms with Gasteiger partial charge < -0.3 is 4.74 Å². The molecule has 0 spiro atoms. The Morgan fingerprint density at radius 3 is 1.84 bits per heavy atom. The van der Waals surface area contributed by atoms with Crippen LogP contribution in [0.25, 0.3) is 11.1 Å². The third-order valence-corrected chi connectivity index (χ3v) is 5.18. The standard InChI is InChI=1S/C21H23F3O/c1-25-14-15-2-4-16(5-3-15)17-6-8-18(9-7-17)19-10-12-20(13-11-19)21(22,23)24/h6-13,15-16H,2-5,14H2,1H3. The van der Waals surface area contributed by atoms with Crippen molar-refractivity contribution in [3.05, 3.63) is 59.7 Å². The normalized spacial score (nSPS) is 21.3. The lowest BCUT2D eigenvalue weighted by Gasteiger charge is -2.28. The van der Waals surface area contributed by atoms with Crippen molar-refractivity contribution < 1.29 is 17.9 Å². The second kappa shape index (κ2) is 7.61. The van der Waals surface area contributed by atoms with Gasteiger partial charge in [-0.2, -0.15) is 13.2 Å². The molecule has 2 aromatic rings. The van der Waals surface area contributed by atoms with Gasteiger partial charge >= 0.3 is 6.18 Å². The van der Waals surface area contributed by atoms with Gasteiger partial charge in [-0.3, -0.25) is 0 Å². The molecule has 0 atom stereocenters. The zero-order valence-corrected chi connectivity index (χ0v) is 14.4. The first-order valence-corrected chi connectivity index (χ1v) is 8.74. The molecule has 0 unspecified atom stereocenters. The van der Waals surface area contributed by atoms with E-state index in [1.807, 2.05) is 12.1 Å². The highest BCUT2D eigenvalue weighted by Gasteiger charge is 2.30. The lowest BCUT2D eigenvalue weighted by Crippen LogP contribution is -2.17. The van der Waals surface area contributed by atoms with Crippen LogP contribution in [-0.4, -0.2) is 13.7 Å². The number of hydrogen-bond acceptors (Lipinski definition) is 1. The molecule has 1 aliphatic carbocycles. The fourth-order valence-corrected chi connectivity index (χ4v) is 3.70. The largest absolute Gasteiger partial charge is 0.416 e. The monoisotopic (exact) mass is 348 g/mol. The molecule has 0 radical (unpaired) electrons. The second-order valence-corrected chi connectivity index (χ2v) is 6.87. The van der Waals surface area contributed by atoms with E-state index >= 15 is 0 Å². The Bertz CT molecular complexity index is 666. The summed E-state index contributed by atoms with van der Waals surface area (Å²) in [5.74, 6) is 1.25. The van der Waals surface area contributed by atoms with E-state index in [2.05, 4.69) is 12.1 Å². The molecule has 0 aromatic heterocycles. The Morgan fingerprint density at radius 2 is 1.36 bits per heavy atom. The van der Waals surface area contributed by atoms with Crippen molar-refractivity contribution >= 4 is 0 Å². The van der Waals surface area contributed by atoms with Gasteiger partial charge in [-0.15, -0.1) is 0 Å². The van der Waals surface area contributed by atoms with Crippen LogP contribution < -0.4 is 0 Å². The first-order valence-electron chi connectivity index (χ1n) is 8.74. The fourth-order valence-electron chi connectivity index (χ4n) is 3.70. The van der Waals surface area contributed by atoms with Crippen LogP contribution >= 0.6 is 0 Å². The van der Waals surface area contributed by atoms with Crippen molar-refractivity contribution in [2.45, 2.75) is 37.8 Å². The lowest BCUT2D eigenvalue weighted by atomic mass is 9.79. The van der Waals surface area contributed by atoms with Gasteiger partial charge in [-0.25, -0.2) is 0 Å². The van der Waals surface area contributed by atoms with E-state index in [0.29, 0.717) is 11.8 Å². The summed E-state index contributed by atoms with van der Waals surface area (Å²) in [6, 6.07) is 13.6. The maximum absolute atomic E-state index is 12.6. The molecular formula is C21H23F3O. The smallest absolute Gasteiger partial charge is 0.384 e. The number of rotatable bonds is 4. The maximum atomic E-state index is 12.6. The molecule has 1 aliphatic rings. The molecule has 2 aromatic carbocycles. The van der Waals surface area contributed by atoms with Gasteiger partial charge in [0.1, 0.15) is 0 Å². The van der Waals surface area contributed by atoms with E-state index in [1.165, 1.54) is 43.4 Å². The van der Waals surface area contributed by atoms with Crippen molar-refractivity contribution in [3.8, 4) is 11.1 Å². The molecule has 0 N–H and O–H groups in total. The van der Waals surface area contributed by atoms with Gasteiger partial charge in [-0.05, 0) is 66.3 Å². The van der Waals surface area contributed by atoms with E-state index in [9.17, 15) is 13.2 Å². The van der Waals surface area contributed by atoms with Gasteiger partial charge in [0.2, 0.25) is 0 Å². The first-order chi connectivity index (χ1) is 12.0. The van der Waals surface area contributed by atoms with Gasteiger partial charge in [0.25, 0.3) is 0 Å². The number of benzene rings is 2. The Hall–Kier alpha value is -1.81. The zero-order valence-electron chi connectivity index (χ0n) is 14.4. The predicted molar refractivity (Wildman–Crippen MR) is 93.5 cm³/mol. The van der Waals surface area contributed by atoms with Gasteiger partial charge in [0, 0.05) is 13.7 Å². The summed E-state index contributed by atoms with van der Waals surface area (Å²) in [5, 5.41) is 0. The van der Waals surface area contributed by atoms with Gasteiger partial charge in [0.15, 0.2) is 0 Å². The summed E-state index contributed by atoms with van der Waals surface area (Å²) >= 11 is 0. The summed E-state index contributed by atoms with van der Waals surface area (Å²) < 4.78 is 43.2. The number of hydrogen-bond donors (Lipinski definition) is 0. The quantitative estimate of drug-likeness (QED) is 0.631. The van der Waals surface area contributed by atoms with Crippen LogP contribution in [0.4, 0.5) is 13.2 Å². The Labute approximate surface area is 146 Å². The first kappa shape index (κ1) is 18.0. The number of methoxy groups -OCH3 is 1. The van der Waals surface area contributed by atoms with E-state index in [4.69, 9.17) is 4.74 Å². The van der Waals surface area contributed by atoms with Crippen LogP contribution in [0.15, 0.2) is 48.5 Å². The lowest BCUT2D eigenvalue weighted by molar-refractivity contribution is -0.137. The van der Waals surface area contributed by atoms with Crippen LogP contribution in [0.5, 0.6) is 0 Å². The topological polar surface area (TPSA) is 9.23 Å². The SMILES string of the molecule is COCC1CCC(c2ccc(-c3ccc(C(F)(F)F)cc3)cc2)CC1. The molecule has 3 rings (SSSR count). The Morgan fingerprint density at radius 1 is 0.840 bits per heavy atom. The van der Waals surface area contributed by atoms with E-state index in [1.54, 1.807) is 7.11 Å². The van der Waals surface area contributed by atoms with Crippen LogP contribution in [-0.2, 0) is 10.9 Å². The minimum atomic E-state index is -4.29. The molecule has 4 heteroatoms. The highest BCUT2D eigenvalue weighted by Crippen LogP contribution is 2.37. The summed E-state index contributed by atoms with van der Waals surface area (Å²) in [7, 11) is 1.76. The van der Waals surface area contributed by atoms with E-state index < -0.39 is 11.7 Å². The minimum absolute atomic E-state index is 0.578. The second-order valence-electron chi connectivity index (χ2n) is 6.87. The van der Waals surface area contributed by atoms with Crippen molar-refractivity contribution in [3.63, 3.8) is 0 Å². The zero-order chi connectivity index (χ0) is 17.9. The molecule has 0 heterocycles. The Kier molecular flexibility index (Phi) is 5.48. The number of halogens is 3. The molecule has 0 saturated heterocycles. The molecular weight excluding hydrogens is 325 g/mol. The van der Waals surface area contributed by atoms with E-state index in [0.717, 1.165) is 29.9 Å².